The van der Waals surface area contributed by atoms with Gasteiger partial charge in [0.2, 0.25) is 0 Å². The number of aromatic nitrogens is 1. The first kappa shape index (κ1) is 12.5. The van der Waals surface area contributed by atoms with E-state index in [1.54, 1.807) is 22.7 Å². The molecule has 2 aromatic rings. The standard InChI is InChI=1S/C12H17N3S2/c1-3-10-11(7-13)17-12(14-10)15(2)8-9-5-4-6-16-9/h4-6H,3,7-8,13H2,1-2H3. The van der Waals surface area contributed by atoms with Crippen LogP contribution in [0.25, 0.3) is 0 Å². The van der Waals surface area contributed by atoms with Crippen molar-refractivity contribution in [2.24, 2.45) is 5.73 Å². The molecule has 3 nitrogen and oxygen atoms in total. The average molecular weight is 267 g/mol. The first-order valence-corrected chi connectivity index (χ1v) is 7.36. The molecule has 2 aromatic heterocycles. The van der Waals surface area contributed by atoms with E-state index in [2.05, 4.69) is 41.4 Å². The van der Waals surface area contributed by atoms with Gasteiger partial charge in [0.25, 0.3) is 0 Å². The molecule has 0 bridgehead atoms. The maximum atomic E-state index is 5.73. The van der Waals surface area contributed by atoms with Gasteiger partial charge in [-0.2, -0.15) is 0 Å². The third kappa shape index (κ3) is 2.86. The van der Waals surface area contributed by atoms with E-state index in [0.29, 0.717) is 6.54 Å². The van der Waals surface area contributed by atoms with E-state index in [-0.39, 0.29) is 0 Å². The zero-order valence-corrected chi connectivity index (χ0v) is 11.8. The quantitative estimate of drug-likeness (QED) is 0.905. The zero-order valence-electron chi connectivity index (χ0n) is 10.1. The largest absolute Gasteiger partial charge is 0.346 e. The van der Waals surface area contributed by atoms with Gasteiger partial charge in [0.05, 0.1) is 12.2 Å². The molecule has 17 heavy (non-hydrogen) atoms. The highest BCUT2D eigenvalue weighted by atomic mass is 32.1. The molecule has 0 spiro atoms. The van der Waals surface area contributed by atoms with Gasteiger partial charge in [-0.25, -0.2) is 4.98 Å². The first-order chi connectivity index (χ1) is 8.24. The van der Waals surface area contributed by atoms with E-state index in [1.807, 2.05) is 0 Å². The number of rotatable bonds is 5. The van der Waals surface area contributed by atoms with Crippen LogP contribution in [0.15, 0.2) is 17.5 Å². The Hall–Kier alpha value is -0.910. The van der Waals surface area contributed by atoms with Gasteiger partial charge in [-0.05, 0) is 17.9 Å². The summed E-state index contributed by atoms with van der Waals surface area (Å²) in [5.74, 6) is 0. The number of nitrogens with zero attached hydrogens (tertiary/aromatic N) is 2. The number of anilines is 1. The minimum Gasteiger partial charge on any atom is -0.346 e. The van der Waals surface area contributed by atoms with Crippen molar-refractivity contribution in [3.05, 3.63) is 33.0 Å². The monoisotopic (exact) mass is 267 g/mol. The van der Waals surface area contributed by atoms with Crippen molar-refractivity contribution in [1.82, 2.24) is 4.98 Å². The third-order valence-corrected chi connectivity index (χ3v) is 4.68. The van der Waals surface area contributed by atoms with Crippen molar-refractivity contribution in [2.75, 3.05) is 11.9 Å². The molecule has 0 fully saturated rings. The number of aryl methyl sites for hydroxylation is 1. The highest BCUT2D eigenvalue weighted by Gasteiger charge is 2.12. The summed E-state index contributed by atoms with van der Waals surface area (Å²) in [7, 11) is 2.08. The Morgan fingerprint density at radius 1 is 1.47 bits per heavy atom. The highest BCUT2D eigenvalue weighted by Crippen LogP contribution is 2.27. The number of thiophene rings is 1. The summed E-state index contributed by atoms with van der Waals surface area (Å²) in [5.41, 5.74) is 6.87. The van der Waals surface area contributed by atoms with Crippen LogP contribution in [0.4, 0.5) is 5.13 Å². The molecular weight excluding hydrogens is 250 g/mol. The minimum absolute atomic E-state index is 0.591. The van der Waals surface area contributed by atoms with Gasteiger partial charge in [-0.1, -0.05) is 13.0 Å². The SMILES string of the molecule is CCc1nc(N(C)Cc2cccs2)sc1CN. The van der Waals surface area contributed by atoms with Crippen molar-refractivity contribution in [1.29, 1.82) is 0 Å². The van der Waals surface area contributed by atoms with Gasteiger partial charge >= 0.3 is 0 Å². The van der Waals surface area contributed by atoms with Crippen LogP contribution < -0.4 is 10.6 Å². The molecule has 2 heterocycles. The van der Waals surface area contributed by atoms with Crippen molar-refractivity contribution in [3.63, 3.8) is 0 Å². The molecule has 2 rings (SSSR count). The van der Waals surface area contributed by atoms with E-state index >= 15 is 0 Å². The van der Waals surface area contributed by atoms with Gasteiger partial charge in [-0.15, -0.1) is 22.7 Å². The lowest BCUT2D eigenvalue weighted by atomic mass is 10.3. The molecule has 0 aliphatic rings. The molecule has 2 N–H and O–H groups in total. The van der Waals surface area contributed by atoms with Gasteiger partial charge in [0, 0.05) is 23.3 Å². The summed E-state index contributed by atoms with van der Waals surface area (Å²) in [5, 5.41) is 3.17. The first-order valence-electron chi connectivity index (χ1n) is 5.66. The van der Waals surface area contributed by atoms with Crippen LogP contribution >= 0.6 is 22.7 Å². The Balaban J connectivity index is 2.13. The topological polar surface area (TPSA) is 42.2 Å². The Morgan fingerprint density at radius 2 is 2.29 bits per heavy atom. The van der Waals surface area contributed by atoms with Gasteiger partial charge in [-0.3, -0.25) is 0 Å². The van der Waals surface area contributed by atoms with E-state index < -0.39 is 0 Å². The van der Waals surface area contributed by atoms with Gasteiger partial charge < -0.3 is 10.6 Å². The predicted octanol–water partition coefficient (Wildman–Crippen LogP) is 2.86. The maximum Gasteiger partial charge on any atom is 0.185 e. The van der Waals surface area contributed by atoms with E-state index in [1.165, 1.54) is 9.75 Å². The Labute approximate surface area is 110 Å². The lowest BCUT2D eigenvalue weighted by Gasteiger charge is -2.14. The maximum absolute atomic E-state index is 5.73. The van der Waals surface area contributed by atoms with E-state index in [9.17, 15) is 0 Å². The van der Waals surface area contributed by atoms with E-state index in [0.717, 1.165) is 23.8 Å². The average Bonchev–Trinajstić information content (AvgIpc) is 2.96. The molecule has 0 amide bonds. The predicted molar refractivity (Wildman–Crippen MR) is 75.8 cm³/mol. The van der Waals surface area contributed by atoms with Crippen LogP contribution in [0, 0.1) is 0 Å². The second-order valence-corrected chi connectivity index (χ2v) is 5.95. The number of thiazole rings is 1. The third-order valence-electron chi connectivity index (χ3n) is 2.59. The molecule has 0 unspecified atom stereocenters. The second kappa shape index (κ2) is 5.62. The van der Waals surface area contributed by atoms with Crippen LogP contribution in [-0.4, -0.2) is 12.0 Å². The van der Waals surface area contributed by atoms with Crippen molar-refractivity contribution in [3.8, 4) is 0 Å². The Kier molecular flexibility index (Phi) is 4.15. The zero-order chi connectivity index (χ0) is 12.3. The summed E-state index contributed by atoms with van der Waals surface area (Å²) in [4.78, 5) is 9.40. The van der Waals surface area contributed by atoms with Crippen LogP contribution in [0.2, 0.25) is 0 Å². The summed E-state index contributed by atoms with van der Waals surface area (Å²) < 4.78 is 0. The van der Waals surface area contributed by atoms with Gasteiger partial charge in [0.1, 0.15) is 0 Å². The summed E-state index contributed by atoms with van der Waals surface area (Å²) in [6, 6.07) is 4.23. The van der Waals surface area contributed by atoms with Crippen molar-refractivity contribution >= 4 is 27.8 Å². The number of hydrogen-bond donors (Lipinski definition) is 1. The number of nitrogens with two attached hydrogens (primary N) is 1. The fourth-order valence-electron chi connectivity index (χ4n) is 1.67. The lowest BCUT2D eigenvalue weighted by Crippen LogP contribution is -2.15. The lowest BCUT2D eigenvalue weighted by molar-refractivity contribution is 0.912. The van der Waals surface area contributed by atoms with Crippen molar-refractivity contribution in [2.45, 2.75) is 26.4 Å². The fourth-order valence-corrected chi connectivity index (χ4v) is 3.42. The van der Waals surface area contributed by atoms with Crippen LogP contribution in [-0.2, 0) is 19.5 Å². The molecule has 92 valence electrons. The van der Waals surface area contributed by atoms with E-state index in [4.69, 9.17) is 5.73 Å². The summed E-state index contributed by atoms with van der Waals surface area (Å²) in [6.45, 7) is 3.63. The van der Waals surface area contributed by atoms with Gasteiger partial charge in [0.15, 0.2) is 5.13 Å². The molecular formula is C12H17N3S2. The summed E-state index contributed by atoms with van der Waals surface area (Å²) >= 11 is 3.49. The Bertz CT molecular complexity index is 441. The van der Waals surface area contributed by atoms with Crippen molar-refractivity contribution < 1.29 is 0 Å². The van der Waals surface area contributed by atoms with Crippen LogP contribution in [0.3, 0.4) is 0 Å². The molecule has 0 aliphatic heterocycles. The summed E-state index contributed by atoms with van der Waals surface area (Å²) in [6.07, 6.45) is 0.954. The highest BCUT2D eigenvalue weighted by molar-refractivity contribution is 7.15. The smallest absolute Gasteiger partial charge is 0.185 e. The second-order valence-electron chi connectivity index (χ2n) is 3.86. The molecule has 0 aromatic carbocycles. The number of hydrogen-bond acceptors (Lipinski definition) is 5. The minimum atomic E-state index is 0.591. The Morgan fingerprint density at radius 3 is 2.82 bits per heavy atom. The molecule has 0 atom stereocenters. The fraction of sp³-hybridized carbons (Fsp3) is 0.417. The molecule has 0 saturated carbocycles. The molecule has 0 aliphatic carbocycles. The molecule has 0 radical (unpaired) electrons. The van der Waals surface area contributed by atoms with Crippen LogP contribution in [0.1, 0.15) is 22.4 Å². The molecule has 0 saturated heterocycles. The molecule has 5 heteroatoms. The van der Waals surface area contributed by atoms with Crippen LogP contribution in [0.5, 0.6) is 0 Å². The normalized spacial score (nSPS) is 10.8.